The largest absolute Gasteiger partial charge is 0.403 e. The summed E-state index contributed by atoms with van der Waals surface area (Å²) in [6, 6.07) is 17.1. The first kappa shape index (κ1) is 14.0. The van der Waals surface area contributed by atoms with Gasteiger partial charge in [0, 0.05) is 12.5 Å². The summed E-state index contributed by atoms with van der Waals surface area (Å²) >= 11 is 0. The van der Waals surface area contributed by atoms with Crippen LogP contribution in [0.5, 0.6) is 0 Å². The molecule has 0 N–H and O–H groups in total. The number of rotatable bonds is 2. The van der Waals surface area contributed by atoms with Gasteiger partial charge in [-0.3, -0.25) is 4.79 Å². The van der Waals surface area contributed by atoms with Crippen molar-refractivity contribution in [2.75, 3.05) is 0 Å². The summed E-state index contributed by atoms with van der Waals surface area (Å²) in [5, 5.41) is 5.39. The van der Waals surface area contributed by atoms with E-state index < -0.39 is 12.0 Å². The van der Waals surface area contributed by atoms with Crippen LogP contribution in [0, 0.1) is 0 Å². The molecule has 0 spiro atoms. The highest BCUT2D eigenvalue weighted by Gasteiger charge is 2.36. The number of carbonyl (C=O) groups excluding carboxylic acids is 2. The average Bonchev–Trinajstić information content (AvgIpc) is 2.55. The number of amides is 1. The van der Waals surface area contributed by atoms with Crippen molar-refractivity contribution in [1.29, 1.82) is 0 Å². The molecule has 3 rings (SSSR count). The van der Waals surface area contributed by atoms with E-state index in [-0.39, 0.29) is 11.8 Å². The van der Waals surface area contributed by atoms with Crippen LogP contribution in [-0.4, -0.2) is 22.8 Å². The van der Waals surface area contributed by atoms with Gasteiger partial charge in [-0.25, -0.2) is 9.80 Å². The predicted molar refractivity (Wildman–Crippen MR) is 80.8 cm³/mol. The molecule has 110 valence electrons. The Kier molecular flexibility index (Phi) is 3.70. The Morgan fingerprint density at radius 3 is 2.23 bits per heavy atom. The Labute approximate surface area is 127 Å². The van der Waals surface area contributed by atoms with Crippen molar-refractivity contribution in [3.05, 3.63) is 71.8 Å². The third-order valence-electron chi connectivity index (χ3n) is 3.32. The maximum absolute atomic E-state index is 12.4. The van der Waals surface area contributed by atoms with Crippen molar-refractivity contribution in [1.82, 2.24) is 5.01 Å². The number of benzene rings is 2. The van der Waals surface area contributed by atoms with Gasteiger partial charge < -0.3 is 4.74 Å². The van der Waals surface area contributed by atoms with Gasteiger partial charge in [0.1, 0.15) is 0 Å². The van der Waals surface area contributed by atoms with Crippen molar-refractivity contribution >= 4 is 17.8 Å². The molecular formula is C17H14N2O3. The van der Waals surface area contributed by atoms with Crippen molar-refractivity contribution in [2.45, 2.75) is 13.0 Å². The molecule has 1 atom stereocenters. The van der Waals surface area contributed by atoms with Crippen LogP contribution in [-0.2, 0) is 14.3 Å². The molecule has 0 saturated heterocycles. The summed E-state index contributed by atoms with van der Waals surface area (Å²) in [5.41, 5.74) is 1.31. The molecule has 1 amide bonds. The lowest BCUT2D eigenvalue weighted by atomic mass is 10.1. The van der Waals surface area contributed by atoms with Crippen LogP contribution in [0.15, 0.2) is 65.8 Å². The monoisotopic (exact) mass is 294 g/mol. The Balaban J connectivity index is 2.03. The topological polar surface area (TPSA) is 59.0 Å². The minimum absolute atomic E-state index is 0.132. The number of ether oxygens (including phenoxy) is 1. The standard InChI is InChI=1S/C17H14N2O3/c1-12(20)19-15(13-8-4-2-5-9-13)17(21)22-16(18-19)14-10-6-3-7-11-14/h2-11,15H,1H3/t15-/m1/s1. The molecule has 5 heteroatoms. The number of hydrazone groups is 1. The molecule has 22 heavy (non-hydrogen) atoms. The number of cyclic esters (lactones) is 1. The quantitative estimate of drug-likeness (QED) is 0.800. The zero-order chi connectivity index (χ0) is 15.5. The maximum Gasteiger partial charge on any atom is 0.342 e. The average molecular weight is 294 g/mol. The second kappa shape index (κ2) is 5.81. The highest BCUT2D eigenvalue weighted by atomic mass is 16.6. The van der Waals surface area contributed by atoms with Gasteiger partial charge in [0.25, 0.3) is 0 Å². The molecule has 0 aromatic heterocycles. The van der Waals surface area contributed by atoms with E-state index in [2.05, 4.69) is 5.10 Å². The summed E-state index contributed by atoms with van der Waals surface area (Å²) < 4.78 is 5.34. The molecular weight excluding hydrogens is 280 g/mol. The van der Waals surface area contributed by atoms with Crippen molar-refractivity contribution in [2.24, 2.45) is 5.10 Å². The highest BCUT2D eigenvalue weighted by Crippen LogP contribution is 2.27. The minimum atomic E-state index is -0.855. The van der Waals surface area contributed by atoms with E-state index >= 15 is 0 Å². The maximum atomic E-state index is 12.4. The Morgan fingerprint density at radius 2 is 1.64 bits per heavy atom. The highest BCUT2D eigenvalue weighted by molar-refractivity contribution is 6.04. The van der Waals surface area contributed by atoms with E-state index in [9.17, 15) is 9.59 Å². The number of nitrogens with zero attached hydrogens (tertiary/aromatic N) is 2. The zero-order valence-corrected chi connectivity index (χ0v) is 12.0. The number of hydrogen-bond donors (Lipinski definition) is 0. The van der Waals surface area contributed by atoms with Crippen LogP contribution in [0.4, 0.5) is 0 Å². The molecule has 1 heterocycles. The molecule has 0 aliphatic carbocycles. The summed E-state index contributed by atoms with van der Waals surface area (Å²) in [6.45, 7) is 1.38. The van der Waals surface area contributed by atoms with Crippen LogP contribution in [0.1, 0.15) is 24.1 Å². The van der Waals surface area contributed by atoms with E-state index in [0.29, 0.717) is 11.1 Å². The van der Waals surface area contributed by atoms with E-state index in [0.717, 1.165) is 0 Å². The molecule has 1 aliphatic heterocycles. The lowest BCUT2D eigenvalue weighted by Gasteiger charge is -2.29. The Hall–Kier alpha value is -2.95. The van der Waals surface area contributed by atoms with Gasteiger partial charge in [-0.2, -0.15) is 0 Å². The van der Waals surface area contributed by atoms with Crippen molar-refractivity contribution < 1.29 is 14.3 Å². The molecule has 5 nitrogen and oxygen atoms in total. The molecule has 2 aromatic carbocycles. The lowest BCUT2D eigenvalue weighted by Crippen LogP contribution is -2.41. The van der Waals surface area contributed by atoms with Gasteiger partial charge in [-0.15, -0.1) is 5.10 Å². The SMILES string of the molecule is CC(=O)N1N=C(c2ccccc2)OC(=O)[C@H]1c1ccccc1. The van der Waals surface area contributed by atoms with Crippen LogP contribution in [0.25, 0.3) is 0 Å². The number of hydrogen-bond acceptors (Lipinski definition) is 4. The molecule has 0 radical (unpaired) electrons. The third-order valence-corrected chi connectivity index (χ3v) is 3.32. The van der Waals surface area contributed by atoms with E-state index in [1.165, 1.54) is 11.9 Å². The second-order valence-electron chi connectivity index (χ2n) is 4.87. The van der Waals surface area contributed by atoms with Gasteiger partial charge in [0.05, 0.1) is 0 Å². The van der Waals surface area contributed by atoms with E-state index in [1.54, 1.807) is 36.4 Å². The summed E-state index contributed by atoms with van der Waals surface area (Å²) in [4.78, 5) is 24.3. The lowest BCUT2D eigenvalue weighted by molar-refractivity contribution is -0.151. The third kappa shape index (κ3) is 2.61. The molecule has 0 unspecified atom stereocenters. The van der Waals surface area contributed by atoms with Crippen LogP contribution >= 0.6 is 0 Å². The normalized spacial score (nSPS) is 17.7. The fraction of sp³-hybridized carbons (Fsp3) is 0.118. The van der Waals surface area contributed by atoms with Gasteiger partial charge >= 0.3 is 5.97 Å². The minimum Gasteiger partial charge on any atom is -0.403 e. The van der Waals surface area contributed by atoms with Gasteiger partial charge in [0.15, 0.2) is 6.04 Å². The van der Waals surface area contributed by atoms with Gasteiger partial charge in [0.2, 0.25) is 11.8 Å². The molecule has 0 bridgehead atoms. The zero-order valence-electron chi connectivity index (χ0n) is 12.0. The molecule has 1 aliphatic rings. The summed E-state index contributed by atoms with van der Waals surface area (Å²) in [7, 11) is 0. The molecule has 0 saturated carbocycles. The second-order valence-corrected chi connectivity index (χ2v) is 4.87. The fourth-order valence-electron chi connectivity index (χ4n) is 2.29. The first-order chi connectivity index (χ1) is 10.7. The number of esters is 1. The smallest absolute Gasteiger partial charge is 0.342 e. The molecule has 2 aromatic rings. The van der Waals surface area contributed by atoms with Crippen LogP contribution in [0.2, 0.25) is 0 Å². The van der Waals surface area contributed by atoms with E-state index in [4.69, 9.17) is 4.74 Å². The van der Waals surface area contributed by atoms with Gasteiger partial charge in [-0.1, -0.05) is 48.5 Å². The van der Waals surface area contributed by atoms with Gasteiger partial charge in [-0.05, 0) is 17.7 Å². The molecule has 0 fully saturated rings. The van der Waals surface area contributed by atoms with E-state index in [1.807, 2.05) is 24.3 Å². The van der Waals surface area contributed by atoms with Crippen LogP contribution in [0.3, 0.4) is 0 Å². The Bertz CT molecular complexity index is 726. The van der Waals surface area contributed by atoms with Crippen molar-refractivity contribution in [3.8, 4) is 0 Å². The Morgan fingerprint density at radius 1 is 1.05 bits per heavy atom. The summed E-state index contributed by atoms with van der Waals surface area (Å²) in [6.07, 6.45) is 0. The van der Waals surface area contributed by atoms with Crippen LogP contribution < -0.4 is 0 Å². The first-order valence-electron chi connectivity index (χ1n) is 6.87. The first-order valence-corrected chi connectivity index (χ1v) is 6.87. The van der Waals surface area contributed by atoms with Crippen molar-refractivity contribution in [3.63, 3.8) is 0 Å². The number of carbonyl (C=O) groups is 2. The fourth-order valence-corrected chi connectivity index (χ4v) is 2.29. The predicted octanol–water partition coefficient (Wildman–Crippen LogP) is 2.49. The summed E-state index contributed by atoms with van der Waals surface area (Å²) in [5.74, 6) is -0.706.